The molecule has 5 heteroatoms. The summed E-state index contributed by atoms with van der Waals surface area (Å²) < 4.78 is 6.90. The van der Waals surface area contributed by atoms with E-state index < -0.39 is 5.97 Å². The molecule has 0 atom stereocenters. The summed E-state index contributed by atoms with van der Waals surface area (Å²) in [7, 11) is 0. The Kier molecular flexibility index (Phi) is 5.19. The Morgan fingerprint density at radius 3 is 2.44 bits per heavy atom. The summed E-state index contributed by atoms with van der Waals surface area (Å²) >= 11 is 5.98. The highest BCUT2D eigenvalue weighted by Gasteiger charge is 2.16. The summed E-state index contributed by atoms with van der Waals surface area (Å²) in [5, 5.41) is 5.12. The smallest absolute Gasteiger partial charge is 0.358 e. The fraction of sp³-hybridized carbons (Fsp3) is 0.200. The molecule has 3 aromatic rings. The maximum Gasteiger partial charge on any atom is 0.358 e. The number of nitrogens with zero attached hydrogens (tertiary/aromatic N) is 2. The van der Waals surface area contributed by atoms with Crippen molar-refractivity contribution in [1.29, 1.82) is 0 Å². The second kappa shape index (κ2) is 7.53. The van der Waals surface area contributed by atoms with Crippen molar-refractivity contribution in [3.63, 3.8) is 0 Å². The van der Waals surface area contributed by atoms with Crippen molar-refractivity contribution >= 4 is 17.6 Å². The molecule has 0 aliphatic heterocycles. The Hall–Kier alpha value is -2.59. The molecule has 2 aromatic carbocycles. The van der Waals surface area contributed by atoms with Gasteiger partial charge < -0.3 is 4.74 Å². The van der Waals surface area contributed by atoms with Crippen molar-refractivity contribution in [1.82, 2.24) is 9.78 Å². The first kappa shape index (κ1) is 17.2. The van der Waals surface area contributed by atoms with E-state index in [1.807, 2.05) is 28.9 Å². The number of hydrogen-bond donors (Lipinski definition) is 0. The molecule has 0 unspecified atom stereocenters. The largest absolute Gasteiger partial charge is 0.461 e. The van der Waals surface area contributed by atoms with Gasteiger partial charge in [-0.1, -0.05) is 53.6 Å². The van der Waals surface area contributed by atoms with Crippen LogP contribution in [0, 0.1) is 6.92 Å². The summed E-state index contributed by atoms with van der Waals surface area (Å²) in [5.74, 6) is -0.416. The fourth-order valence-electron chi connectivity index (χ4n) is 2.56. The first-order chi connectivity index (χ1) is 12.1. The molecule has 3 rings (SSSR count). The molecule has 0 aliphatic rings. The first-order valence-corrected chi connectivity index (χ1v) is 8.51. The molecular weight excluding hydrogens is 336 g/mol. The normalized spacial score (nSPS) is 10.7. The molecule has 1 aromatic heterocycles. The minimum Gasteiger partial charge on any atom is -0.461 e. The van der Waals surface area contributed by atoms with Gasteiger partial charge in [0.05, 0.1) is 18.8 Å². The lowest BCUT2D eigenvalue weighted by Crippen LogP contribution is -2.08. The van der Waals surface area contributed by atoms with E-state index in [0.717, 1.165) is 16.8 Å². The van der Waals surface area contributed by atoms with Gasteiger partial charge in [0.25, 0.3) is 0 Å². The van der Waals surface area contributed by atoms with Crippen LogP contribution in [0.2, 0.25) is 5.02 Å². The fourth-order valence-corrected chi connectivity index (χ4v) is 2.69. The number of aryl methyl sites for hydroxylation is 1. The van der Waals surface area contributed by atoms with Gasteiger partial charge >= 0.3 is 5.97 Å². The van der Waals surface area contributed by atoms with Gasteiger partial charge in [0.2, 0.25) is 0 Å². The second-order valence-corrected chi connectivity index (χ2v) is 6.22. The van der Waals surface area contributed by atoms with E-state index in [1.54, 1.807) is 13.0 Å². The molecule has 25 heavy (non-hydrogen) atoms. The summed E-state index contributed by atoms with van der Waals surface area (Å²) in [6.07, 6.45) is 0. The molecular formula is C20H19ClN2O2. The predicted octanol–water partition coefficient (Wildman–Crippen LogP) is 4.74. The van der Waals surface area contributed by atoms with E-state index in [-0.39, 0.29) is 0 Å². The molecule has 0 saturated heterocycles. The van der Waals surface area contributed by atoms with Crippen molar-refractivity contribution in [2.45, 2.75) is 20.4 Å². The minimum absolute atomic E-state index is 0.305. The third-order valence-electron chi connectivity index (χ3n) is 3.86. The van der Waals surface area contributed by atoms with Crippen LogP contribution in [0.1, 0.15) is 28.5 Å². The summed E-state index contributed by atoms with van der Waals surface area (Å²) in [4.78, 5) is 12.1. The number of carbonyl (C=O) groups excluding carboxylic acids is 1. The molecule has 1 heterocycles. The van der Waals surface area contributed by atoms with Crippen LogP contribution in [0.3, 0.4) is 0 Å². The molecule has 0 fully saturated rings. The summed E-state index contributed by atoms with van der Waals surface area (Å²) in [6, 6.07) is 17.5. The minimum atomic E-state index is -0.416. The van der Waals surface area contributed by atoms with E-state index in [9.17, 15) is 4.79 Å². The van der Waals surface area contributed by atoms with Crippen LogP contribution in [0.25, 0.3) is 11.3 Å². The van der Waals surface area contributed by atoms with Gasteiger partial charge in [-0.15, -0.1) is 0 Å². The average molecular weight is 355 g/mol. The van der Waals surface area contributed by atoms with Crippen LogP contribution in [0.4, 0.5) is 0 Å². The van der Waals surface area contributed by atoms with Gasteiger partial charge in [-0.05, 0) is 43.2 Å². The number of rotatable bonds is 5. The van der Waals surface area contributed by atoms with Gasteiger partial charge in [-0.25, -0.2) is 4.79 Å². The predicted molar refractivity (Wildman–Crippen MR) is 98.9 cm³/mol. The van der Waals surface area contributed by atoms with Gasteiger partial charge in [0, 0.05) is 5.02 Å². The maximum absolute atomic E-state index is 12.1. The van der Waals surface area contributed by atoms with Gasteiger partial charge in [0.15, 0.2) is 5.69 Å². The highest BCUT2D eigenvalue weighted by Crippen LogP contribution is 2.24. The molecule has 0 amide bonds. The average Bonchev–Trinajstić information content (AvgIpc) is 3.02. The number of hydrogen-bond acceptors (Lipinski definition) is 3. The third kappa shape index (κ3) is 4.09. The van der Waals surface area contributed by atoms with E-state index in [0.29, 0.717) is 23.9 Å². The highest BCUT2D eigenvalue weighted by molar-refractivity contribution is 6.30. The Labute approximate surface area is 152 Å². The van der Waals surface area contributed by atoms with Crippen LogP contribution in [0.5, 0.6) is 0 Å². The monoisotopic (exact) mass is 354 g/mol. The zero-order chi connectivity index (χ0) is 17.8. The summed E-state index contributed by atoms with van der Waals surface area (Å²) in [6.45, 7) is 4.72. The zero-order valence-corrected chi connectivity index (χ0v) is 15.0. The molecule has 128 valence electrons. The Morgan fingerprint density at radius 2 is 1.80 bits per heavy atom. The molecule has 4 nitrogen and oxygen atoms in total. The molecule has 0 radical (unpaired) electrons. The number of aromatic nitrogens is 2. The van der Waals surface area contributed by atoms with Gasteiger partial charge in [-0.2, -0.15) is 5.10 Å². The summed E-state index contributed by atoms with van der Waals surface area (Å²) in [5.41, 5.74) is 4.41. The lowest BCUT2D eigenvalue weighted by molar-refractivity contribution is 0.0518. The lowest BCUT2D eigenvalue weighted by atomic mass is 10.1. The van der Waals surface area contributed by atoms with E-state index in [2.05, 4.69) is 36.3 Å². The first-order valence-electron chi connectivity index (χ1n) is 8.13. The number of carbonyl (C=O) groups is 1. The lowest BCUT2D eigenvalue weighted by Gasteiger charge is -2.08. The van der Waals surface area contributed by atoms with Crippen LogP contribution >= 0.6 is 11.6 Å². The van der Waals surface area contributed by atoms with E-state index in [1.165, 1.54) is 5.56 Å². The second-order valence-electron chi connectivity index (χ2n) is 5.79. The highest BCUT2D eigenvalue weighted by atomic mass is 35.5. The maximum atomic E-state index is 12.1. The SMILES string of the molecule is CCOC(=O)c1cc(-c2ccc(Cl)cc2)n(Cc2ccc(C)cc2)n1. The zero-order valence-electron chi connectivity index (χ0n) is 14.2. The molecule has 0 N–H and O–H groups in total. The standard InChI is InChI=1S/C20H19ClN2O2/c1-3-25-20(24)18-12-19(16-8-10-17(21)11-9-16)23(22-18)13-15-6-4-14(2)5-7-15/h4-12H,3,13H2,1-2H3. The van der Waals surface area contributed by atoms with Crippen molar-refractivity contribution in [3.8, 4) is 11.3 Å². The number of benzene rings is 2. The number of esters is 1. The van der Waals surface area contributed by atoms with Crippen LogP contribution < -0.4 is 0 Å². The van der Waals surface area contributed by atoms with Crippen LogP contribution in [-0.2, 0) is 11.3 Å². The Balaban J connectivity index is 2.00. The topological polar surface area (TPSA) is 44.1 Å². The quantitative estimate of drug-likeness (QED) is 0.622. The van der Waals surface area contributed by atoms with E-state index in [4.69, 9.17) is 16.3 Å². The van der Waals surface area contributed by atoms with E-state index >= 15 is 0 Å². The van der Waals surface area contributed by atoms with Crippen molar-refractivity contribution < 1.29 is 9.53 Å². The molecule has 0 spiro atoms. The van der Waals surface area contributed by atoms with Crippen molar-refractivity contribution in [2.75, 3.05) is 6.61 Å². The Bertz CT molecular complexity index is 868. The molecule has 0 saturated carbocycles. The number of halogens is 1. The van der Waals surface area contributed by atoms with Crippen molar-refractivity contribution in [3.05, 3.63) is 76.4 Å². The van der Waals surface area contributed by atoms with Gasteiger partial charge in [-0.3, -0.25) is 4.68 Å². The van der Waals surface area contributed by atoms with Gasteiger partial charge in [0.1, 0.15) is 0 Å². The van der Waals surface area contributed by atoms with Crippen LogP contribution in [-0.4, -0.2) is 22.4 Å². The Morgan fingerprint density at radius 1 is 1.12 bits per heavy atom. The van der Waals surface area contributed by atoms with Crippen LogP contribution in [0.15, 0.2) is 54.6 Å². The molecule has 0 bridgehead atoms. The third-order valence-corrected chi connectivity index (χ3v) is 4.11. The molecule has 0 aliphatic carbocycles. The number of ether oxygens (including phenoxy) is 1. The van der Waals surface area contributed by atoms with Crippen molar-refractivity contribution in [2.24, 2.45) is 0 Å².